The molecule has 0 saturated carbocycles. The van der Waals surface area contributed by atoms with Gasteiger partial charge in [0.15, 0.2) is 6.04 Å². The first-order valence-corrected chi connectivity index (χ1v) is 5.57. The van der Waals surface area contributed by atoms with Crippen molar-refractivity contribution in [2.24, 2.45) is 0 Å². The van der Waals surface area contributed by atoms with Gasteiger partial charge in [-0.25, -0.2) is 9.78 Å². The largest absolute Gasteiger partial charge is 0.481 e. The summed E-state index contributed by atoms with van der Waals surface area (Å²) in [5.74, 6) is -0.682. The van der Waals surface area contributed by atoms with Crippen molar-refractivity contribution in [1.29, 1.82) is 0 Å². The van der Waals surface area contributed by atoms with Crippen LogP contribution in [0.1, 0.15) is 24.9 Å². The summed E-state index contributed by atoms with van der Waals surface area (Å²) in [4.78, 5) is 27.4. The third-order valence-corrected chi connectivity index (χ3v) is 2.47. The second-order valence-corrected chi connectivity index (χ2v) is 3.72. The average Bonchev–Trinajstić information content (AvgIpc) is 2.38. The van der Waals surface area contributed by atoms with E-state index in [9.17, 15) is 14.7 Å². The number of carbonyl (C=O) groups excluding carboxylic acids is 1. The van der Waals surface area contributed by atoms with E-state index in [1.54, 1.807) is 12.1 Å². The number of hydrogen-bond donors (Lipinski definition) is 1. The number of amides is 1. The minimum Gasteiger partial charge on any atom is -0.481 e. The Labute approximate surface area is 105 Å². The fourth-order valence-corrected chi connectivity index (χ4v) is 1.65. The summed E-state index contributed by atoms with van der Waals surface area (Å²) in [6.07, 6.45) is 2.64. The molecule has 1 amide bonds. The molecule has 1 N–H and O–H groups in total. The van der Waals surface area contributed by atoms with Crippen LogP contribution in [-0.2, 0) is 9.59 Å². The van der Waals surface area contributed by atoms with Crippen LogP contribution in [0, 0.1) is 0 Å². The van der Waals surface area contributed by atoms with Crippen LogP contribution >= 0.6 is 0 Å². The molecule has 0 aliphatic heterocycles. The van der Waals surface area contributed by atoms with E-state index in [0.717, 1.165) is 0 Å². The van der Waals surface area contributed by atoms with Crippen LogP contribution in [0.2, 0.25) is 0 Å². The summed E-state index contributed by atoms with van der Waals surface area (Å²) in [5, 5.41) is 9.22. The Bertz CT molecular complexity index is 405. The van der Waals surface area contributed by atoms with Crippen LogP contribution in [-0.4, -0.2) is 41.0 Å². The number of carbonyl (C=O) groups is 2. The van der Waals surface area contributed by atoms with Crippen LogP contribution in [0.5, 0.6) is 5.88 Å². The third-order valence-electron chi connectivity index (χ3n) is 2.47. The maximum Gasteiger partial charge on any atom is 0.331 e. The quantitative estimate of drug-likeness (QED) is 0.735. The van der Waals surface area contributed by atoms with Gasteiger partial charge in [-0.1, -0.05) is 6.92 Å². The van der Waals surface area contributed by atoms with Gasteiger partial charge in [-0.3, -0.25) is 4.79 Å². The van der Waals surface area contributed by atoms with Gasteiger partial charge in [-0.2, -0.15) is 0 Å². The molecule has 18 heavy (non-hydrogen) atoms. The third kappa shape index (κ3) is 3.19. The van der Waals surface area contributed by atoms with Gasteiger partial charge in [0.05, 0.1) is 7.11 Å². The molecule has 1 unspecified atom stereocenters. The summed E-state index contributed by atoms with van der Waals surface area (Å²) in [5.41, 5.74) is 0.448. The average molecular weight is 252 g/mol. The number of methoxy groups -OCH3 is 1. The van der Waals surface area contributed by atoms with Crippen molar-refractivity contribution < 1.29 is 19.4 Å². The zero-order chi connectivity index (χ0) is 13.5. The maximum absolute atomic E-state index is 11.3. The van der Waals surface area contributed by atoms with Gasteiger partial charge in [0.1, 0.15) is 0 Å². The molecule has 0 fully saturated rings. The molecule has 1 heterocycles. The molecule has 1 atom stereocenters. The topological polar surface area (TPSA) is 79.7 Å². The Morgan fingerprint density at radius 1 is 1.61 bits per heavy atom. The number of rotatable bonds is 7. The number of carboxylic acids is 1. The van der Waals surface area contributed by atoms with Crippen molar-refractivity contribution >= 4 is 12.4 Å². The molecule has 0 saturated heterocycles. The fraction of sp³-hybridized carbons (Fsp3) is 0.417. The van der Waals surface area contributed by atoms with E-state index in [4.69, 9.17) is 4.74 Å². The lowest BCUT2D eigenvalue weighted by Crippen LogP contribution is -2.33. The fourth-order valence-electron chi connectivity index (χ4n) is 1.65. The molecule has 6 heteroatoms. The van der Waals surface area contributed by atoms with Gasteiger partial charge in [0.25, 0.3) is 0 Å². The van der Waals surface area contributed by atoms with E-state index in [1.807, 2.05) is 6.92 Å². The molecular formula is C12H16N2O4. The number of nitrogens with zero attached hydrogens (tertiary/aromatic N) is 2. The van der Waals surface area contributed by atoms with Gasteiger partial charge in [0.2, 0.25) is 12.3 Å². The van der Waals surface area contributed by atoms with Gasteiger partial charge in [-0.05, 0) is 12.5 Å². The number of hydrogen-bond acceptors (Lipinski definition) is 4. The number of ether oxygens (including phenoxy) is 1. The second kappa shape index (κ2) is 6.58. The van der Waals surface area contributed by atoms with E-state index < -0.39 is 12.0 Å². The highest BCUT2D eigenvalue weighted by Crippen LogP contribution is 2.21. The lowest BCUT2D eigenvalue weighted by Gasteiger charge is -2.24. The first-order chi connectivity index (χ1) is 8.63. The molecule has 0 bridgehead atoms. The van der Waals surface area contributed by atoms with E-state index in [-0.39, 0.29) is 0 Å². The van der Waals surface area contributed by atoms with Crippen molar-refractivity contribution in [3.63, 3.8) is 0 Å². The second-order valence-electron chi connectivity index (χ2n) is 3.72. The summed E-state index contributed by atoms with van der Waals surface area (Å²) in [7, 11) is 1.48. The molecule has 1 aromatic heterocycles. The molecule has 1 aromatic rings. The highest BCUT2D eigenvalue weighted by atomic mass is 16.5. The van der Waals surface area contributed by atoms with Crippen LogP contribution in [0.4, 0.5) is 0 Å². The standard InChI is InChI=1S/C12H16N2O4/c1-3-6-14(8-15)11(12(16)17)9-4-5-10(18-2)13-7-9/h4-5,7-8,11H,3,6H2,1-2H3,(H,16,17). The van der Waals surface area contributed by atoms with Gasteiger partial charge in [-0.15, -0.1) is 0 Å². The zero-order valence-corrected chi connectivity index (χ0v) is 10.4. The molecular weight excluding hydrogens is 236 g/mol. The summed E-state index contributed by atoms with van der Waals surface area (Å²) in [6.45, 7) is 2.26. The predicted molar refractivity (Wildman–Crippen MR) is 64.2 cm³/mol. The van der Waals surface area contributed by atoms with E-state index in [2.05, 4.69) is 4.98 Å². The highest BCUT2D eigenvalue weighted by molar-refractivity contribution is 5.78. The van der Waals surface area contributed by atoms with Gasteiger partial charge in [0, 0.05) is 24.4 Å². The molecule has 6 nitrogen and oxygen atoms in total. The van der Waals surface area contributed by atoms with Crippen LogP contribution in [0.25, 0.3) is 0 Å². The van der Waals surface area contributed by atoms with Crippen molar-refractivity contribution in [3.05, 3.63) is 23.9 Å². The SMILES string of the molecule is CCCN(C=O)C(C(=O)O)c1ccc(OC)nc1. The molecule has 0 aromatic carbocycles. The lowest BCUT2D eigenvalue weighted by molar-refractivity contribution is -0.146. The molecule has 98 valence electrons. The lowest BCUT2D eigenvalue weighted by atomic mass is 10.1. The van der Waals surface area contributed by atoms with E-state index in [1.165, 1.54) is 18.2 Å². The van der Waals surface area contributed by atoms with E-state index >= 15 is 0 Å². The van der Waals surface area contributed by atoms with E-state index in [0.29, 0.717) is 30.8 Å². The monoisotopic (exact) mass is 252 g/mol. The normalized spacial score (nSPS) is 11.7. The minimum atomic E-state index is -1.08. The molecule has 0 aliphatic rings. The maximum atomic E-state index is 11.3. The van der Waals surface area contributed by atoms with Gasteiger partial charge < -0.3 is 14.7 Å². The van der Waals surface area contributed by atoms with Crippen molar-refractivity contribution in [2.45, 2.75) is 19.4 Å². The van der Waals surface area contributed by atoms with Crippen molar-refractivity contribution in [1.82, 2.24) is 9.88 Å². The number of aliphatic carboxylic acids is 1. The number of aromatic nitrogens is 1. The Balaban J connectivity index is 3.02. The molecule has 0 radical (unpaired) electrons. The number of pyridine rings is 1. The van der Waals surface area contributed by atoms with Crippen LogP contribution in [0.15, 0.2) is 18.3 Å². The minimum absolute atomic E-state index is 0.381. The Morgan fingerprint density at radius 2 is 2.33 bits per heavy atom. The van der Waals surface area contributed by atoms with Crippen LogP contribution in [0.3, 0.4) is 0 Å². The van der Waals surface area contributed by atoms with Gasteiger partial charge >= 0.3 is 5.97 Å². The molecule has 1 rings (SSSR count). The Kier molecular flexibility index (Phi) is 5.10. The summed E-state index contributed by atoms with van der Waals surface area (Å²) in [6, 6.07) is 2.15. The number of carboxylic acid groups (broad SMARTS) is 1. The Hall–Kier alpha value is -2.11. The first-order valence-electron chi connectivity index (χ1n) is 5.57. The van der Waals surface area contributed by atoms with Crippen LogP contribution < -0.4 is 4.74 Å². The summed E-state index contributed by atoms with van der Waals surface area (Å²) < 4.78 is 4.90. The molecule has 0 spiro atoms. The predicted octanol–water partition coefficient (Wildman–Crippen LogP) is 1.08. The summed E-state index contributed by atoms with van der Waals surface area (Å²) >= 11 is 0. The zero-order valence-electron chi connectivity index (χ0n) is 10.4. The Morgan fingerprint density at radius 3 is 2.72 bits per heavy atom. The highest BCUT2D eigenvalue weighted by Gasteiger charge is 2.26. The smallest absolute Gasteiger partial charge is 0.331 e. The van der Waals surface area contributed by atoms with Crippen molar-refractivity contribution in [2.75, 3.05) is 13.7 Å². The molecule has 0 aliphatic carbocycles. The van der Waals surface area contributed by atoms with Crippen molar-refractivity contribution in [3.8, 4) is 5.88 Å². The first kappa shape index (κ1) is 14.0.